The molecule has 0 aromatic heterocycles. The minimum Gasteiger partial charge on any atom is -0.370 e. The van der Waals surface area contributed by atoms with Crippen LogP contribution in [0, 0.1) is 0 Å². The fourth-order valence-corrected chi connectivity index (χ4v) is 1.66. The summed E-state index contributed by atoms with van der Waals surface area (Å²) in [6, 6.07) is 0. The van der Waals surface area contributed by atoms with E-state index in [1.807, 2.05) is 19.3 Å². The van der Waals surface area contributed by atoms with Crippen LogP contribution in [-0.2, 0) is 0 Å². The molecule has 0 saturated heterocycles. The molecule has 1 atom stereocenters. The Morgan fingerprint density at radius 2 is 2.23 bits per heavy atom. The van der Waals surface area contributed by atoms with E-state index >= 15 is 0 Å². The van der Waals surface area contributed by atoms with E-state index in [1.54, 1.807) is 0 Å². The molecule has 0 bridgehead atoms. The van der Waals surface area contributed by atoms with Crippen LogP contribution >= 0.6 is 0 Å². The largest absolute Gasteiger partial charge is 0.370 e. The summed E-state index contributed by atoms with van der Waals surface area (Å²) >= 11 is 0. The Balaban J connectivity index is 2.24. The molecule has 1 unspecified atom stereocenters. The Kier molecular flexibility index (Phi) is 2.19. The smallest absolute Gasteiger partial charge is 0.115 e. The zero-order chi connectivity index (χ0) is 9.26. The molecule has 0 spiro atoms. The second kappa shape index (κ2) is 3.34. The van der Waals surface area contributed by atoms with Crippen molar-refractivity contribution in [1.82, 2.24) is 10.2 Å². The molecule has 0 saturated carbocycles. The SMILES string of the molecule is CC1/N=C\C2=C(/C=C\N1)CN(C)C2. The summed E-state index contributed by atoms with van der Waals surface area (Å²) < 4.78 is 0. The predicted octanol–water partition coefficient (Wildman–Crippen LogP) is 0.762. The van der Waals surface area contributed by atoms with Crippen LogP contribution in [0.4, 0.5) is 0 Å². The van der Waals surface area contributed by atoms with E-state index in [-0.39, 0.29) is 6.17 Å². The number of hydrogen-bond donors (Lipinski definition) is 1. The molecule has 2 aliphatic heterocycles. The third-order valence-corrected chi connectivity index (χ3v) is 2.37. The molecule has 2 rings (SSSR count). The molecule has 0 radical (unpaired) electrons. The van der Waals surface area contributed by atoms with Gasteiger partial charge in [-0.1, -0.05) is 0 Å². The Morgan fingerprint density at radius 1 is 1.46 bits per heavy atom. The molecule has 2 aliphatic rings. The molecule has 70 valence electrons. The number of nitrogens with one attached hydrogen (secondary N) is 1. The molecule has 0 amide bonds. The highest BCUT2D eigenvalue weighted by molar-refractivity contribution is 5.82. The summed E-state index contributed by atoms with van der Waals surface area (Å²) in [5.74, 6) is 0. The summed E-state index contributed by atoms with van der Waals surface area (Å²) in [6.45, 7) is 4.11. The van der Waals surface area contributed by atoms with E-state index in [0.717, 1.165) is 13.1 Å². The van der Waals surface area contributed by atoms with Gasteiger partial charge in [0.25, 0.3) is 0 Å². The van der Waals surface area contributed by atoms with Gasteiger partial charge >= 0.3 is 0 Å². The van der Waals surface area contributed by atoms with Gasteiger partial charge in [-0.05, 0) is 37.4 Å². The third-order valence-electron chi connectivity index (χ3n) is 2.37. The highest BCUT2D eigenvalue weighted by atomic mass is 15.1. The first kappa shape index (κ1) is 8.51. The van der Waals surface area contributed by atoms with E-state index < -0.39 is 0 Å². The van der Waals surface area contributed by atoms with Gasteiger partial charge in [-0.3, -0.25) is 9.89 Å². The zero-order valence-corrected chi connectivity index (χ0v) is 8.12. The maximum absolute atomic E-state index is 4.39. The maximum atomic E-state index is 4.39. The Hall–Kier alpha value is -1.09. The van der Waals surface area contributed by atoms with Gasteiger partial charge in [-0.15, -0.1) is 0 Å². The van der Waals surface area contributed by atoms with Gasteiger partial charge in [0.1, 0.15) is 6.17 Å². The van der Waals surface area contributed by atoms with E-state index in [1.165, 1.54) is 11.1 Å². The Labute approximate surface area is 78.8 Å². The average molecular weight is 177 g/mol. The molecule has 0 aliphatic carbocycles. The van der Waals surface area contributed by atoms with Crippen molar-refractivity contribution in [2.24, 2.45) is 4.99 Å². The van der Waals surface area contributed by atoms with Crippen molar-refractivity contribution in [2.75, 3.05) is 20.1 Å². The summed E-state index contributed by atoms with van der Waals surface area (Å²) in [5.41, 5.74) is 2.73. The highest BCUT2D eigenvalue weighted by Gasteiger charge is 2.16. The third kappa shape index (κ3) is 1.80. The zero-order valence-electron chi connectivity index (χ0n) is 8.12. The van der Waals surface area contributed by atoms with Crippen LogP contribution in [0.25, 0.3) is 0 Å². The maximum Gasteiger partial charge on any atom is 0.115 e. The van der Waals surface area contributed by atoms with Crippen molar-refractivity contribution < 1.29 is 0 Å². The fraction of sp³-hybridized carbons (Fsp3) is 0.500. The van der Waals surface area contributed by atoms with Crippen LogP contribution in [0.1, 0.15) is 6.92 Å². The minimum atomic E-state index is 0.191. The lowest BCUT2D eigenvalue weighted by Gasteiger charge is -2.08. The minimum absolute atomic E-state index is 0.191. The standard InChI is InChI=1S/C10H15N3/c1-8-11-4-3-9-6-13(2)7-10(9)5-12-8/h3-5,8,11H,6-7H2,1-2H3/b4-3-,12-5-. The predicted molar refractivity (Wildman–Crippen MR) is 54.8 cm³/mol. The van der Waals surface area contributed by atoms with Gasteiger partial charge in [-0.2, -0.15) is 0 Å². The normalized spacial score (nSPS) is 33.2. The van der Waals surface area contributed by atoms with Crippen LogP contribution in [0.2, 0.25) is 0 Å². The lowest BCUT2D eigenvalue weighted by molar-refractivity contribution is 0.429. The summed E-state index contributed by atoms with van der Waals surface area (Å²) in [7, 11) is 2.13. The molecule has 13 heavy (non-hydrogen) atoms. The Morgan fingerprint density at radius 3 is 3.08 bits per heavy atom. The quantitative estimate of drug-likeness (QED) is 0.591. The number of rotatable bonds is 0. The number of likely N-dealkylation sites (N-methyl/N-ethyl adjacent to an activating group) is 1. The fourth-order valence-electron chi connectivity index (χ4n) is 1.66. The first-order valence-electron chi connectivity index (χ1n) is 4.62. The molecule has 0 aromatic carbocycles. The van der Waals surface area contributed by atoms with Crippen molar-refractivity contribution in [3.05, 3.63) is 23.4 Å². The lowest BCUT2D eigenvalue weighted by Crippen LogP contribution is -2.19. The topological polar surface area (TPSA) is 27.6 Å². The molecular formula is C10H15N3. The van der Waals surface area contributed by atoms with E-state index in [4.69, 9.17) is 0 Å². The number of hydrogen-bond acceptors (Lipinski definition) is 3. The molecule has 3 nitrogen and oxygen atoms in total. The molecular weight excluding hydrogens is 162 g/mol. The van der Waals surface area contributed by atoms with Crippen LogP contribution in [0.15, 0.2) is 28.4 Å². The Bertz CT molecular complexity index is 289. The summed E-state index contributed by atoms with van der Waals surface area (Å²) in [4.78, 5) is 6.68. The van der Waals surface area contributed by atoms with Gasteiger partial charge in [0.15, 0.2) is 0 Å². The lowest BCUT2D eigenvalue weighted by atomic mass is 10.1. The van der Waals surface area contributed by atoms with Gasteiger partial charge in [0.2, 0.25) is 0 Å². The summed E-state index contributed by atoms with van der Waals surface area (Å²) in [5, 5.41) is 3.18. The van der Waals surface area contributed by atoms with E-state index in [2.05, 4.69) is 28.3 Å². The molecule has 0 fully saturated rings. The second-order valence-electron chi connectivity index (χ2n) is 3.68. The number of aliphatic imine (C=N–C) groups is 1. The van der Waals surface area contributed by atoms with Crippen LogP contribution in [-0.4, -0.2) is 37.4 Å². The highest BCUT2D eigenvalue weighted by Crippen LogP contribution is 2.16. The van der Waals surface area contributed by atoms with E-state index in [9.17, 15) is 0 Å². The van der Waals surface area contributed by atoms with Gasteiger partial charge < -0.3 is 5.32 Å². The van der Waals surface area contributed by atoms with Gasteiger partial charge in [0.05, 0.1) is 0 Å². The van der Waals surface area contributed by atoms with Crippen molar-refractivity contribution in [1.29, 1.82) is 0 Å². The first-order valence-corrected chi connectivity index (χ1v) is 4.62. The first-order chi connectivity index (χ1) is 6.25. The second-order valence-corrected chi connectivity index (χ2v) is 3.68. The van der Waals surface area contributed by atoms with Crippen molar-refractivity contribution in [3.63, 3.8) is 0 Å². The van der Waals surface area contributed by atoms with Crippen LogP contribution < -0.4 is 5.32 Å². The van der Waals surface area contributed by atoms with Crippen LogP contribution in [0.5, 0.6) is 0 Å². The van der Waals surface area contributed by atoms with E-state index in [0.29, 0.717) is 0 Å². The number of nitrogens with zero attached hydrogens (tertiary/aromatic N) is 2. The van der Waals surface area contributed by atoms with Gasteiger partial charge in [0, 0.05) is 19.3 Å². The monoisotopic (exact) mass is 177 g/mol. The molecule has 2 heterocycles. The van der Waals surface area contributed by atoms with Gasteiger partial charge in [-0.25, -0.2) is 0 Å². The average Bonchev–Trinajstić information content (AvgIpc) is 2.40. The van der Waals surface area contributed by atoms with Crippen molar-refractivity contribution in [3.8, 4) is 0 Å². The van der Waals surface area contributed by atoms with Crippen molar-refractivity contribution >= 4 is 6.21 Å². The molecule has 1 N–H and O–H groups in total. The van der Waals surface area contributed by atoms with Crippen molar-refractivity contribution in [2.45, 2.75) is 13.1 Å². The molecule has 3 heteroatoms. The molecule has 0 aromatic rings. The summed E-state index contributed by atoms with van der Waals surface area (Å²) in [6.07, 6.45) is 6.34. The van der Waals surface area contributed by atoms with Crippen LogP contribution in [0.3, 0.4) is 0 Å².